The number of halogens is 1. The van der Waals surface area contributed by atoms with Crippen LogP contribution in [-0.2, 0) is 9.53 Å². The lowest BCUT2D eigenvalue weighted by Gasteiger charge is -2.27. The third kappa shape index (κ3) is 6.50. The predicted octanol–water partition coefficient (Wildman–Crippen LogP) is 3.88. The summed E-state index contributed by atoms with van der Waals surface area (Å²) in [6.45, 7) is 11.0. The maximum Gasteiger partial charge on any atom is 0.409 e. The van der Waals surface area contributed by atoms with Crippen LogP contribution in [-0.4, -0.2) is 60.6 Å². The number of benzene rings is 1. The molecule has 0 aromatic heterocycles. The molecular weight excluding hydrogens is 410 g/mol. The van der Waals surface area contributed by atoms with Gasteiger partial charge in [0.2, 0.25) is 5.91 Å². The summed E-state index contributed by atoms with van der Waals surface area (Å²) in [7, 11) is 0. The van der Waals surface area contributed by atoms with Crippen LogP contribution in [0.3, 0.4) is 0 Å². The maximum absolute atomic E-state index is 12.7. The molecule has 1 unspecified atom stereocenters. The molecule has 0 bridgehead atoms. The first-order chi connectivity index (χ1) is 12.8. The van der Waals surface area contributed by atoms with E-state index in [1.54, 1.807) is 4.90 Å². The van der Waals surface area contributed by atoms with Crippen molar-refractivity contribution in [1.29, 1.82) is 0 Å². The number of hydrogen-bond acceptors (Lipinski definition) is 4. The van der Waals surface area contributed by atoms with Crippen LogP contribution in [0.15, 0.2) is 22.7 Å². The Bertz CT molecular complexity index is 666. The van der Waals surface area contributed by atoms with Crippen molar-refractivity contribution in [1.82, 2.24) is 9.80 Å². The van der Waals surface area contributed by atoms with Gasteiger partial charge in [-0.2, -0.15) is 0 Å². The zero-order valence-electron chi connectivity index (χ0n) is 16.6. The fraction of sp³-hybridized carbons (Fsp3) is 0.600. The molecule has 150 valence electrons. The number of carbonyl (C=O) groups excluding carboxylic acids is 2. The van der Waals surface area contributed by atoms with Crippen LogP contribution < -0.4 is 5.32 Å². The van der Waals surface area contributed by atoms with E-state index in [2.05, 4.69) is 26.1 Å². The minimum absolute atomic E-state index is 0.0459. The quantitative estimate of drug-likeness (QED) is 0.755. The standard InChI is InChI=1S/C20H30BrN3O3/c1-14(2)13-27-20(26)24-9-5-8-23(10-11-24)16(4)19(25)22-18-7-6-15(3)12-17(18)21/h6-7,12,14,16H,5,8-11,13H2,1-4H3,(H,22,25). The van der Waals surface area contributed by atoms with Crippen molar-refractivity contribution >= 4 is 33.6 Å². The molecule has 2 amide bonds. The van der Waals surface area contributed by atoms with Crippen LogP contribution in [0.2, 0.25) is 0 Å². The van der Waals surface area contributed by atoms with E-state index in [1.807, 2.05) is 45.9 Å². The Hall–Kier alpha value is -1.60. The van der Waals surface area contributed by atoms with Gasteiger partial charge in [-0.05, 0) is 59.8 Å². The van der Waals surface area contributed by atoms with Gasteiger partial charge < -0.3 is 15.0 Å². The van der Waals surface area contributed by atoms with Gasteiger partial charge in [0.05, 0.1) is 18.3 Å². The number of amides is 2. The number of nitrogens with one attached hydrogen (secondary N) is 1. The van der Waals surface area contributed by atoms with Crippen LogP contribution in [0.25, 0.3) is 0 Å². The number of carbonyl (C=O) groups is 2. The van der Waals surface area contributed by atoms with E-state index in [4.69, 9.17) is 4.74 Å². The van der Waals surface area contributed by atoms with E-state index < -0.39 is 0 Å². The van der Waals surface area contributed by atoms with E-state index in [1.165, 1.54) is 0 Å². The number of hydrogen-bond donors (Lipinski definition) is 1. The fourth-order valence-electron chi connectivity index (χ4n) is 2.96. The maximum atomic E-state index is 12.7. The fourth-order valence-corrected chi connectivity index (χ4v) is 3.55. The summed E-state index contributed by atoms with van der Waals surface area (Å²) in [4.78, 5) is 28.7. The number of aryl methyl sites for hydroxylation is 1. The molecule has 1 aromatic carbocycles. The molecule has 0 saturated carbocycles. The SMILES string of the molecule is Cc1ccc(NC(=O)C(C)N2CCCN(C(=O)OCC(C)C)CC2)c(Br)c1. The van der Waals surface area contributed by atoms with E-state index in [0.717, 1.165) is 28.7 Å². The van der Waals surface area contributed by atoms with Crippen molar-refractivity contribution in [3.8, 4) is 0 Å². The summed E-state index contributed by atoms with van der Waals surface area (Å²) < 4.78 is 6.20. The molecule has 2 rings (SSSR count). The highest BCUT2D eigenvalue weighted by molar-refractivity contribution is 9.10. The van der Waals surface area contributed by atoms with E-state index in [-0.39, 0.29) is 18.0 Å². The third-order valence-corrected chi connectivity index (χ3v) is 5.29. The Morgan fingerprint density at radius 3 is 2.59 bits per heavy atom. The van der Waals surface area contributed by atoms with Gasteiger partial charge in [0.25, 0.3) is 0 Å². The van der Waals surface area contributed by atoms with Crippen molar-refractivity contribution in [2.24, 2.45) is 5.92 Å². The lowest BCUT2D eigenvalue weighted by molar-refractivity contribution is -0.120. The molecule has 0 spiro atoms. The molecule has 7 heteroatoms. The van der Waals surface area contributed by atoms with Gasteiger partial charge in [0.15, 0.2) is 0 Å². The van der Waals surface area contributed by atoms with Crippen molar-refractivity contribution in [2.75, 3.05) is 38.1 Å². The molecule has 1 atom stereocenters. The number of anilines is 1. The Morgan fingerprint density at radius 2 is 1.93 bits per heavy atom. The summed E-state index contributed by atoms with van der Waals surface area (Å²) in [5, 5.41) is 2.99. The third-order valence-electron chi connectivity index (χ3n) is 4.64. The Balaban J connectivity index is 1.90. The summed E-state index contributed by atoms with van der Waals surface area (Å²) in [5.74, 6) is 0.276. The minimum atomic E-state index is -0.273. The second-order valence-corrected chi connectivity index (χ2v) is 8.35. The van der Waals surface area contributed by atoms with Gasteiger partial charge in [-0.1, -0.05) is 19.9 Å². The van der Waals surface area contributed by atoms with Gasteiger partial charge in [-0.15, -0.1) is 0 Å². The molecule has 1 fully saturated rings. The van der Waals surface area contributed by atoms with Gasteiger partial charge in [-0.3, -0.25) is 9.69 Å². The van der Waals surface area contributed by atoms with Crippen LogP contribution in [0.4, 0.5) is 10.5 Å². The summed E-state index contributed by atoms with van der Waals surface area (Å²) in [5.41, 5.74) is 1.90. The van der Waals surface area contributed by atoms with Crippen molar-refractivity contribution in [3.05, 3.63) is 28.2 Å². The number of ether oxygens (including phenoxy) is 1. The van der Waals surface area contributed by atoms with Gasteiger partial charge in [0, 0.05) is 30.7 Å². The molecule has 0 aliphatic carbocycles. The second-order valence-electron chi connectivity index (χ2n) is 7.50. The van der Waals surface area contributed by atoms with Crippen LogP contribution in [0.5, 0.6) is 0 Å². The van der Waals surface area contributed by atoms with E-state index in [9.17, 15) is 9.59 Å². The summed E-state index contributed by atoms with van der Waals surface area (Å²) in [6, 6.07) is 5.58. The van der Waals surface area contributed by atoms with E-state index in [0.29, 0.717) is 32.2 Å². The smallest absolute Gasteiger partial charge is 0.409 e. The first kappa shape index (κ1) is 21.7. The Morgan fingerprint density at radius 1 is 1.19 bits per heavy atom. The average Bonchev–Trinajstić information content (AvgIpc) is 2.87. The first-order valence-corrected chi connectivity index (χ1v) is 10.3. The van der Waals surface area contributed by atoms with Crippen LogP contribution in [0.1, 0.15) is 32.8 Å². The molecule has 1 aliphatic rings. The molecule has 0 radical (unpaired) electrons. The zero-order chi connectivity index (χ0) is 20.0. The Labute approximate surface area is 170 Å². The monoisotopic (exact) mass is 439 g/mol. The molecular formula is C20H30BrN3O3. The lowest BCUT2D eigenvalue weighted by Crippen LogP contribution is -2.44. The number of nitrogens with zero attached hydrogens (tertiary/aromatic N) is 2. The zero-order valence-corrected chi connectivity index (χ0v) is 18.2. The molecule has 1 saturated heterocycles. The normalized spacial score (nSPS) is 16.7. The van der Waals surface area contributed by atoms with E-state index >= 15 is 0 Å². The summed E-state index contributed by atoms with van der Waals surface area (Å²) in [6.07, 6.45) is 0.564. The molecule has 1 N–H and O–H groups in total. The predicted molar refractivity (Wildman–Crippen MR) is 111 cm³/mol. The Kier molecular flexibility index (Phi) is 8.10. The molecule has 1 aromatic rings. The first-order valence-electron chi connectivity index (χ1n) is 9.50. The van der Waals surface area contributed by atoms with Crippen molar-refractivity contribution < 1.29 is 14.3 Å². The highest BCUT2D eigenvalue weighted by atomic mass is 79.9. The molecule has 1 aliphatic heterocycles. The van der Waals surface area contributed by atoms with Crippen molar-refractivity contribution in [3.63, 3.8) is 0 Å². The average molecular weight is 440 g/mol. The molecule has 6 nitrogen and oxygen atoms in total. The number of rotatable bonds is 5. The van der Waals surface area contributed by atoms with Crippen molar-refractivity contribution in [2.45, 2.75) is 40.2 Å². The highest BCUT2D eigenvalue weighted by Gasteiger charge is 2.26. The summed E-state index contributed by atoms with van der Waals surface area (Å²) >= 11 is 3.50. The molecule has 27 heavy (non-hydrogen) atoms. The highest BCUT2D eigenvalue weighted by Crippen LogP contribution is 2.24. The van der Waals surface area contributed by atoms with Crippen LogP contribution >= 0.6 is 15.9 Å². The topological polar surface area (TPSA) is 61.9 Å². The second kappa shape index (κ2) is 10.1. The lowest BCUT2D eigenvalue weighted by atomic mass is 10.2. The molecule has 1 heterocycles. The van der Waals surface area contributed by atoms with Gasteiger partial charge in [0.1, 0.15) is 0 Å². The largest absolute Gasteiger partial charge is 0.449 e. The van der Waals surface area contributed by atoms with Gasteiger partial charge in [-0.25, -0.2) is 4.79 Å². The van der Waals surface area contributed by atoms with Crippen LogP contribution in [0, 0.1) is 12.8 Å². The minimum Gasteiger partial charge on any atom is -0.449 e. The van der Waals surface area contributed by atoms with Gasteiger partial charge >= 0.3 is 6.09 Å².